The fraction of sp³-hybridized carbons (Fsp3) is 0.292. The average molecular weight is 411 g/mol. The Morgan fingerprint density at radius 1 is 1.20 bits per heavy atom. The molecular formula is C24H23F2NO3. The summed E-state index contributed by atoms with van der Waals surface area (Å²) < 4.78 is 38.7. The van der Waals surface area contributed by atoms with Crippen molar-refractivity contribution in [3.63, 3.8) is 0 Å². The molecule has 0 bridgehead atoms. The van der Waals surface area contributed by atoms with Crippen LogP contribution in [-0.2, 0) is 17.6 Å². The summed E-state index contributed by atoms with van der Waals surface area (Å²) in [6.07, 6.45) is 5.55. The van der Waals surface area contributed by atoms with E-state index in [9.17, 15) is 13.6 Å². The summed E-state index contributed by atoms with van der Waals surface area (Å²) in [6, 6.07) is 6.90. The minimum absolute atomic E-state index is 0.0742. The number of hydrogen-bond acceptors (Lipinski definition) is 3. The molecule has 2 aromatic carbocycles. The maximum Gasteiger partial charge on any atom is 0.248 e. The van der Waals surface area contributed by atoms with Gasteiger partial charge in [-0.2, -0.15) is 0 Å². The summed E-state index contributed by atoms with van der Waals surface area (Å²) >= 11 is 0. The van der Waals surface area contributed by atoms with Gasteiger partial charge in [0.05, 0.1) is 12.3 Å². The average Bonchev–Trinajstić information content (AvgIpc) is 3.07. The van der Waals surface area contributed by atoms with Crippen LogP contribution in [0.5, 0.6) is 5.75 Å². The Hall–Kier alpha value is -3.15. The maximum atomic E-state index is 13.8. The van der Waals surface area contributed by atoms with E-state index >= 15 is 0 Å². The second kappa shape index (κ2) is 8.30. The number of rotatable bonds is 5. The zero-order chi connectivity index (χ0) is 21.3. The SMILES string of the molecule is CCOc1cc2oc3c(c2cc1/C(C)=C/C(=O)Nc1ccc(F)cc1F)CCCC3. The highest BCUT2D eigenvalue weighted by molar-refractivity contribution is 6.04. The van der Waals surface area contributed by atoms with E-state index in [0.717, 1.165) is 60.1 Å². The maximum absolute atomic E-state index is 13.8. The fourth-order valence-corrected chi connectivity index (χ4v) is 3.91. The Morgan fingerprint density at radius 2 is 2.00 bits per heavy atom. The predicted molar refractivity (Wildman–Crippen MR) is 113 cm³/mol. The first-order chi connectivity index (χ1) is 14.5. The molecule has 0 unspecified atom stereocenters. The Bertz CT molecular complexity index is 1150. The van der Waals surface area contributed by atoms with Crippen LogP contribution in [0, 0.1) is 11.6 Å². The van der Waals surface area contributed by atoms with Crippen LogP contribution in [-0.4, -0.2) is 12.5 Å². The molecule has 156 valence electrons. The third-order valence-electron chi connectivity index (χ3n) is 5.32. The Balaban J connectivity index is 1.68. The van der Waals surface area contributed by atoms with Crippen LogP contribution in [0.3, 0.4) is 0 Å². The number of carbonyl (C=O) groups is 1. The van der Waals surface area contributed by atoms with Gasteiger partial charge in [-0.25, -0.2) is 8.78 Å². The number of anilines is 1. The summed E-state index contributed by atoms with van der Waals surface area (Å²) in [7, 11) is 0. The predicted octanol–water partition coefficient (Wildman–Crippen LogP) is 6.03. The second-order valence-corrected chi connectivity index (χ2v) is 7.43. The molecule has 6 heteroatoms. The van der Waals surface area contributed by atoms with Gasteiger partial charge in [0.25, 0.3) is 0 Å². The lowest BCUT2D eigenvalue weighted by Gasteiger charge is -2.12. The van der Waals surface area contributed by atoms with Crippen molar-refractivity contribution in [2.75, 3.05) is 11.9 Å². The molecule has 1 aromatic heterocycles. The van der Waals surface area contributed by atoms with E-state index in [0.29, 0.717) is 17.9 Å². The lowest BCUT2D eigenvalue weighted by molar-refractivity contribution is -0.111. The van der Waals surface area contributed by atoms with E-state index in [2.05, 4.69) is 5.32 Å². The highest BCUT2D eigenvalue weighted by Gasteiger charge is 2.20. The number of nitrogens with one attached hydrogen (secondary N) is 1. The number of ether oxygens (including phenoxy) is 1. The minimum Gasteiger partial charge on any atom is -0.493 e. The molecule has 3 aromatic rings. The van der Waals surface area contributed by atoms with Gasteiger partial charge in [-0.1, -0.05) is 0 Å². The topological polar surface area (TPSA) is 51.5 Å². The van der Waals surface area contributed by atoms with Crippen LogP contribution in [0.2, 0.25) is 0 Å². The summed E-state index contributed by atoms with van der Waals surface area (Å²) in [6.45, 7) is 4.17. The van der Waals surface area contributed by atoms with Gasteiger partial charge in [0.2, 0.25) is 5.91 Å². The Morgan fingerprint density at radius 3 is 2.77 bits per heavy atom. The largest absolute Gasteiger partial charge is 0.493 e. The summed E-state index contributed by atoms with van der Waals surface area (Å²) in [4.78, 5) is 12.4. The molecule has 1 aliphatic rings. The van der Waals surface area contributed by atoms with Crippen molar-refractivity contribution in [1.82, 2.24) is 0 Å². The Labute approximate surface area is 173 Å². The quantitative estimate of drug-likeness (QED) is 0.522. The third-order valence-corrected chi connectivity index (χ3v) is 5.32. The van der Waals surface area contributed by atoms with Crippen molar-refractivity contribution in [3.05, 3.63) is 64.9 Å². The van der Waals surface area contributed by atoms with Crippen LogP contribution in [0.25, 0.3) is 16.5 Å². The highest BCUT2D eigenvalue weighted by Crippen LogP contribution is 2.38. The number of halogens is 2. The van der Waals surface area contributed by atoms with Crippen molar-refractivity contribution >= 4 is 28.1 Å². The summed E-state index contributed by atoms with van der Waals surface area (Å²) in [5.41, 5.74) is 3.40. The first-order valence-corrected chi connectivity index (χ1v) is 10.1. The number of fused-ring (bicyclic) bond motifs is 3. The molecule has 4 rings (SSSR count). The summed E-state index contributed by atoms with van der Waals surface area (Å²) in [5, 5.41) is 3.50. The van der Waals surface area contributed by atoms with Gasteiger partial charge in [0, 0.05) is 41.1 Å². The van der Waals surface area contributed by atoms with Gasteiger partial charge in [0.1, 0.15) is 28.7 Å². The molecule has 1 amide bonds. The van der Waals surface area contributed by atoms with Crippen LogP contribution < -0.4 is 10.1 Å². The highest BCUT2D eigenvalue weighted by atomic mass is 19.1. The number of aryl methyl sites for hydroxylation is 2. The molecule has 4 nitrogen and oxygen atoms in total. The van der Waals surface area contributed by atoms with Crippen LogP contribution in [0.1, 0.15) is 43.6 Å². The molecule has 0 atom stereocenters. The molecule has 0 aliphatic heterocycles. The van der Waals surface area contributed by atoms with Crippen molar-refractivity contribution < 1.29 is 22.7 Å². The lowest BCUT2D eigenvalue weighted by Crippen LogP contribution is -2.10. The van der Waals surface area contributed by atoms with E-state index in [4.69, 9.17) is 9.15 Å². The fourth-order valence-electron chi connectivity index (χ4n) is 3.91. The third kappa shape index (κ3) is 3.95. The number of furan rings is 1. The van der Waals surface area contributed by atoms with Gasteiger partial charge < -0.3 is 14.5 Å². The number of carbonyl (C=O) groups excluding carboxylic acids is 1. The number of amides is 1. The van der Waals surface area contributed by atoms with Gasteiger partial charge >= 0.3 is 0 Å². The molecule has 0 saturated heterocycles. The van der Waals surface area contributed by atoms with Crippen molar-refractivity contribution in [1.29, 1.82) is 0 Å². The number of hydrogen-bond donors (Lipinski definition) is 1. The van der Waals surface area contributed by atoms with Gasteiger partial charge in [-0.05, 0) is 56.9 Å². The molecule has 0 radical (unpaired) electrons. The molecular weight excluding hydrogens is 388 g/mol. The molecule has 1 aliphatic carbocycles. The molecule has 1 N–H and O–H groups in total. The van der Waals surface area contributed by atoms with Crippen LogP contribution in [0.4, 0.5) is 14.5 Å². The summed E-state index contributed by atoms with van der Waals surface area (Å²) in [5.74, 6) is -0.367. The molecule has 0 spiro atoms. The number of benzene rings is 2. The van der Waals surface area contributed by atoms with E-state index < -0.39 is 17.5 Å². The molecule has 30 heavy (non-hydrogen) atoms. The second-order valence-electron chi connectivity index (χ2n) is 7.43. The van der Waals surface area contributed by atoms with Gasteiger partial charge in [-0.3, -0.25) is 4.79 Å². The smallest absolute Gasteiger partial charge is 0.248 e. The normalized spacial score (nSPS) is 13.9. The van der Waals surface area contributed by atoms with E-state index in [1.165, 1.54) is 17.7 Å². The van der Waals surface area contributed by atoms with Crippen molar-refractivity contribution in [3.8, 4) is 5.75 Å². The van der Waals surface area contributed by atoms with Crippen LogP contribution >= 0.6 is 0 Å². The van der Waals surface area contributed by atoms with Crippen molar-refractivity contribution in [2.45, 2.75) is 39.5 Å². The Kier molecular flexibility index (Phi) is 5.57. The first kappa shape index (κ1) is 20.1. The lowest BCUT2D eigenvalue weighted by atomic mass is 9.94. The molecule has 0 fully saturated rings. The van der Waals surface area contributed by atoms with E-state index in [1.54, 1.807) is 6.92 Å². The number of allylic oxidation sites excluding steroid dienone is 1. The zero-order valence-electron chi connectivity index (χ0n) is 17.0. The van der Waals surface area contributed by atoms with Gasteiger partial charge in [-0.15, -0.1) is 0 Å². The standard InChI is InChI=1S/C24H23F2NO3/c1-3-29-22-13-23-18(16-6-4-5-7-21(16)30-23)12-17(22)14(2)10-24(28)27-20-9-8-15(25)11-19(20)26/h8-13H,3-7H2,1-2H3,(H,27,28)/b14-10+. The molecule has 1 heterocycles. The van der Waals surface area contributed by atoms with E-state index in [1.807, 2.05) is 19.1 Å². The monoisotopic (exact) mass is 411 g/mol. The van der Waals surface area contributed by atoms with Crippen molar-refractivity contribution in [2.24, 2.45) is 0 Å². The van der Waals surface area contributed by atoms with Crippen LogP contribution in [0.15, 0.2) is 40.8 Å². The minimum atomic E-state index is -0.823. The first-order valence-electron chi connectivity index (χ1n) is 10.1. The van der Waals surface area contributed by atoms with E-state index in [-0.39, 0.29) is 5.69 Å². The molecule has 0 saturated carbocycles. The van der Waals surface area contributed by atoms with Gasteiger partial charge in [0.15, 0.2) is 0 Å². The zero-order valence-corrected chi connectivity index (χ0v) is 17.0.